The predicted octanol–water partition coefficient (Wildman–Crippen LogP) is 2.28. The normalized spacial score (nSPS) is 16.9. The van der Waals surface area contributed by atoms with E-state index < -0.39 is 60.4 Å². The highest BCUT2D eigenvalue weighted by Gasteiger charge is 2.46. The van der Waals surface area contributed by atoms with Crippen molar-refractivity contribution in [2.75, 3.05) is 77.4 Å². The van der Waals surface area contributed by atoms with Crippen LogP contribution in [0.2, 0.25) is 0 Å². The lowest BCUT2D eigenvalue weighted by Gasteiger charge is -2.27. The van der Waals surface area contributed by atoms with Gasteiger partial charge in [0.05, 0.1) is 49.9 Å². The van der Waals surface area contributed by atoms with Crippen molar-refractivity contribution < 1.29 is 61.2 Å². The number of hydrogen-bond acceptors (Lipinski definition) is 14. The maximum absolute atomic E-state index is 14.8. The number of halogens is 2. The lowest BCUT2D eigenvalue weighted by Crippen LogP contribution is -2.54. The van der Waals surface area contributed by atoms with E-state index in [2.05, 4.69) is 15.6 Å². The molecule has 56 heavy (non-hydrogen) atoms. The van der Waals surface area contributed by atoms with Crippen LogP contribution in [0.25, 0.3) is 11.3 Å². The first-order valence-corrected chi connectivity index (χ1v) is 18.8. The van der Waals surface area contributed by atoms with Gasteiger partial charge in [0, 0.05) is 50.0 Å². The number of aromatic nitrogens is 1. The lowest BCUT2D eigenvalue weighted by molar-refractivity contribution is -0.136. The Morgan fingerprint density at radius 3 is 2.52 bits per heavy atom. The molecule has 3 aliphatic rings. The summed E-state index contributed by atoms with van der Waals surface area (Å²) in [6.45, 7) is 2.57. The van der Waals surface area contributed by atoms with Crippen LogP contribution in [0.1, 0.15) is 46.4 Å². The van der Waals surface area contributed by atoms with Crippen molar-refractivity contribution >= 4 is 51.8 Å². The highest BCUT2D eigenvalue weighted by atomic mass is 32.1. The maximum atomic E-state index is 14.8. The van der Waals surface area contributed by atoms with Crippen LogP contribution in [0.15, 0.2) is 35.7 Å². The Hall–Kier alpha value is -5.37. The SMILES string of the molecule is O=C(CCCOCCOCCNC(=O)COc1cccc2c1C(=O)N(C1CCC(=O)NC1=O)C2=O)COc1c(-c2csc(N3CCOCC3)n2)ccc(F)c1F. The first kappa shape index (κ1) is 40.3. The number of rotatable bonds is 19. The van der Waals surface area contributed by atoms with Gasteiger partial charge in [0.15, 0.2) is 29.1 Å². The lowest BCUT2D eigenvalue weighted by atomic mass is 10.0. The first-order valence-electron chi connectivity index (χ1n) is 17.9. The summed E-state index contributed by atoms with van der Waals surface area (Å²) in [5, 5.41) is 7.21. The molecule has 0 saturated carbocycles. The fourth-order valence-corrected chi connectivity index (χ4v) is 7.02. The number of nitrogens with one attached hydrogen (secondary N) is 2. The van der Waals surface area contributed by atoms with Crippen molar-refractivity contribution in [2.45, 2.75) is 31.7 Å². The minimum atomic E-state index is -1.19. The van der Waals surface area contributed by atoms with E-state index in [4.69, 9.17) is 23.7 Å². The maximum Gasteiger partial charge on any atom is 0.266 e. The summed E-state index contributed by atoms with van der Waals surface area (Å²) >= 11 is 1.37. The van der Waals surface area contributed by atoms with Gasteiger partial charge in [-0.15, -0.1) is 11.3 Å². The molecule has 3 aliphatic heterocycles. The average Bonchev–Trinajstić information content (AvgIpc) is 3.78. The Bertz CT molecular complexity index is 1970. The van der Waals surface area contributed by atoms with Gasteiger partial charge in [-0.25, -0.2) is 9.37 Å². The van der Waals surface area contributed by atoms with E-state index in [1.165, 1.54) is 35.6 Å². The van der Waals surface area contributed by atoms with Crippen LogP contribution in [-0.4, -0.2) is 124 Å². The molecule has 3 aromatic rings. The Morgan fingerprint density at radius 1 is 0.946 bits per heavy atom. The summed E-state index contributed by atoms with van der Waals surface area (Å²) in [6, 6.07) is 5.60. The van der Waals surface area contributed by atoms with E-state index in [9.17, 15) is 37.5 Å². The van der Waals surface area contributed by atoms with Crippen LogP contribution in [0.5, 0.6) is 11.5 Å². The molecular weight excluding hydrogens is 760 g/mol. The van der Waals surface area contributed by atoms with Gasteiger partial charge in [-0.05, 0) is 37.1 Å². The second kappa shape index (κ2) is 19.0. The van der Waals surface area contributed by atoms with Crippen molar-refractivity contribution in [2.24, 2.45) is 0 Å². The number of fused-ring (bicyclic) bond motifs is 1. The number of piperidine rings is 1. The van der Waals surface area contributed by atoms with E-state index in [0.29, 0.717) is 38.4 Å². The Morgan fingerprint density at radius 2 is 1.73 bits per heavy atom. The number of ether oxygens (including phenoxy) is 5. The van der Waals surface area contributed by atoms with Gasteiger partial charge in [0.2, 0.25) is 17.6 Å². The molecule has 1 aromatic heterocycles. The van der Waals surface area contributed by atoms with Crippen LogP contribution < -0.4 is 25.0 Å². The number of thiazole rings is 1. The molecule has 1 unspecified atom stereocenters. The molecule has 19 heteroatoms. The largest absolute Gasteiger partial charge is 0.483 e. The fraction of sp³-hybridized carbons (Fsp3) is 0.432. The van der Waals surface area contributed by atoms with Gasteiger partial charge in [0.1, 0.15) is 18.4 Å². The van der Waals surface area contributed by atoms with Gasteiger partial charge < -0.3 is 33.9 Å². The summed E-state index contributed by atoms with van der Waals surface area (Å²) < 4.78 is 56.2. The molecule has 2 fully saturated rings. The molecule has 0 spiro atoms. The van der Waals surface area contributed by atoms with E-state index in [1.807, 2.05) is 4.90 Å². The van der Waals surface area contributed by atoms with Crippen molar-refractivity contribution in [3.05, 3.63) is 58.5 Å². The topological polar surface area (TPSA) is 192 Å². The molecule has 4 heterocycles. The van der Waals surface area contributed by atoms with Crippen molar-refractivity contribution in [1.29, 1.82) is 0 Å². The zero-order chi connectivity index (χ0) is 39.6. The zero-order valence-corrected chi connectivity index (χ0v) is 31.0. The summed E-state index contributed by atoms with van der Waals surface area (Å²) in [5.74, 6) is -6.13. The predicted molar refractivity (Wildman–Crippen MR) is 193 cm³/mol. The second-order valence-corrected chi connectivity index (χ2v) is 13.6. The fourth-order valence-electron chi connectivity index (χ4n) is 6.14. The van der Waals surface area contributed by atoms with Gasteiger partial charge in [0.25, 0.3) is 17.7 Å². The van der Waals surface area contributed by atoms with Crippen LogP contribution in [-0.2, 0) is 33.4 Å². The molecule has 2 saturated heterocycles. The first-order chi connectivity index (χ1) is 27.1. The third kappa shape index (κ3) is 9.70. The summed E-state index contributed by atoms with van der Waals surface area (Å²) in [5.41, 5.74) is 0.634. The van der Waals surface area contributed by atoms with Crippen molar-refractivity contribution in [1.82, 2.24) is 20.5 Å². The molecule has 2 aromatic carbocycles. The number of imide groups is 2. The number of benzene rings is 2. The standard InChI is InChI=1S/C37H39F2N5O11S/c38-25-7-6-23(26-21-56-37(41-26)43-11-15-53-16-12-43)33(32(25)39)55-19-22(45)3-2-13-51-17-18-52-14-10-40-30(47)20-54-28-5-1-4-24-31(28)36(50)44(35(24)49)27-8-9-29(46)42-34(27)48/h1,4-7,21,27H,2-3,8-20H2,(H,40,47)(H,42,46,48). The molecule has 5 amide bonds. The van der Waals surface area contributed by atoms with Crippen LogP contribution in [0, 0.1) is 11.6 Å². The summed E-state index contributed by atoms with van der Waals surface area (Å²) in [6.07, 6.45) is 0.458. The molecule has 0 radical (unpaired) electrons. The molecule has 1 atom stereocenters. The molecular formula is C37H39F2N5O11S. The Labute approximate surface area is 323 Å². The quantitative estimate of drug-likeness (QED) is 0.133. The van der Waals surface area contributed by atoms with Crippen molar-refractivity contribution in [3.8, 4) is 22.8 Å². The highest BCUT2D eigenvalue weighted by Crippen LogP contribution is 2.37. The number of carbonyl (C=O) groups excluding carboxylic acids is 6. The Kier molecular flexibility index (Phi) is 13.7. The summed E-state index contributed by atoms with van der Waals surface area (Å²) in [7, 11) is 0. The average molecular weight is 800 g/mol. The molecule has 0 aliphatic carbocycles. The third-order valence-corrected chi connectivity index (χ3v) is 9.85. The number of carbonyl (C=O) groups is 6. The highest BCUT2D eigenvalue weighted by molar-refractivity contribution is 7.14. The zero-order valence-electron chi connectivity index (χ0n) is 30.1. The molecule has 6 rings (SSSR count). The van der Waals surface area contributed by atoms with E-state index in [-0.39, 0.29) is 86.2 Å². The van der Waals surface area contributed by atoms with E-state index >= 15 is 0 Å². The smallest absolute Gasteiger partial charge is 0.266 e. The number of amides is 5. The number of ketones is 1. The number of Topliss-reactive ketones (excluding diaryl/α,β-unsaturated/α-hetero) is 1. The van der Waals surface area contributed by atoms with Gasteiger partial charge in [-0.3, -0.25) is 39.0 Å². The third-order valence-electron chi connectivity index (χ3n) is 8.95. The van der Waals surface area contributed by atoms with Crippen LogP contribution in [0.4, 0.5) is 13.9 Å². The molecule has 0 bridgehead atoms. The number of hydrogen-bond donors (Lipinski definition) is 2. The minimum Gasteiger partial charge on any atom is -0.483 e. The monoisotopic (exact) mass is 799 g/mol. The molecule has 298 valence electrons. The van der Waals surface area contributed by atoms with E-state index in [0.717, 1.165) is 16.1 Å². The molecule has 16 nitrogen and oxygen atoms in total. The van der Waals surface area contributed by atoms with Gasteiger partial charge in [-0.2, -0.15) is 4.39 Å². The Balaban J connectivity index is 0.832. The number of anilines is 1. The summed E-state index contributed by atoms with van der Waals surface area (Å²) in [4.78, 5) is 82.2. The van der Waals surface area contributed by atoms with Crippen LogP contribution >= 0.6 is 11.3 Å². The second-order valence-electron chi connectivity index (χ2n) is 12.8. The number of nitrogens with zero attached hydrogens (tertiary/aromatic N) is 3. The van der Waals surface area contributed by atoms with Crippen molar-refractivity contribution in [3.63, 3.8) is 0 Å². The van der Waals surface area contributed by atoms with Gasteiger partial charge in [-0.1, -0.05) is 6.07 Å². The molecule has 2 N–H and O–H groups in total. The number of morpholine rings is 1. The minimum absolute atomic E-state index is 0.00744. The van der Waals surface area contributed by atoms with Gasteiger partial charge >= 0.3 is 0 Å². The van der Waals surface area contributed by atoms with E-state index in [1.54, 1.807) is 5.38 Å². The van der Waals surface area contributed by atoms with Crippen LogP contribution in [0.3, 0.4) is 0 Å².